The Morgan fingerprint density at radius 1 is 1.20 bits per heavy atom. The number of hydrogen-bond acceptors (Lipinski definition) is 3. The van der Waals surface area contributed by atoms with E-state index in [1.807, 2.05) is 0 Å². The Hall–Kier alpha value is -0.120. The van der Waals surface area contributed by atoms with Gasteiger partial charge in [0.1, 0.15) is 0 Å². The molecule has 0 aromatic heterocycles. The minimum absolute atomic E-state index is 0.436. The maximum absolute atomic E-state index is 6.43. The molecule has 118 valence electrons. The Bertz CT molecular complexity index is 290. The molecule has 0 amide bonds. The van der Waals surface area contributed by atoms with E-state index in [0.29, 0.717) is 6.04 Å². The quantitative estimate of drug-likeness (QED) is 0.840. The molecule has 1 aliphatic carbocycles. The third kappa shape index (κ3) is 4.19. The summed E-state index contributed by atoms with van der Waals surface area (Å²) in [5, 5.41) is 0. The molecule has 1 aliphatic heterocycles. The highest BCUT2D eigenvalue weighted by Gasteiger charge is 2.33. The van der Waals surface area contributed by atoms with Gasteiger partial charge in [0.15, 0.2) is 0 Å². The Kier molecular flexibility index (Phi) is 5.88. The molecule has 0 bridgehead atoms. The molecule has 0 aromatic rings. The summed E-state index contributed by atoms with van der Waals surface area (Å²) in [6.07, 6.45) is 6.67. The van der Waals surface area contributed by atoms with Gasteiger partial charge in [-0.25, -0.2) is 0 Å². The van der Waals surface area contributed by atoms with E-state index in [-0.39, 0.29) is 0 Å². The number of nitrogens with two attached hydrogens (primary N) is 1. The Balaban J connectivity index is 1.90. The maximum atomic E-state index is 6.43. The van der Waals surface area contributed by atoms with Gasteiger partial charge in [-0.3, -0.25) is 4.90 Å². The first-order valence-corrected chi connectivity index (χ1v) is 8.61. The summed E-state index contributed by atoms with van der Waals surface area (Å²) in [5.41, 5.74) is 6.43. The van der Waals surface area contributed by atoms with E-state index >= 15 is 0 Å². The summed E-state index contributed by atoms with van der Waals surface area (Å²) >= 11 is 0. The molecule has 3 heteroatoms. The van der Waals surface area contributed by atoms with Crippen LogP contribution in [0.4, 0.5) is 0 Å². The third-order valence-electron chi connectivity index (χ3n) is 5.57. The molecule has 0 spiro atoms. The lowest BCUT2D eigenvalue weighted by molar-refractivity contribution is 0.120. The van der Waals surface area contributed by atoms with Crippen LogP contribution in [0, 0.1) is 17.8 Å². The van der Waals surface area contributed by atoms with Crippen molar-refractivity contribution in [2.75, 3.05) is 33.7 Å². The molecule has 2 N–H and O–H groups in total. The Morgan fingerprint density at radius 3 is 2.60 bits per heavy atom. The largest absolute Gasteiger partial charge is 0.327 e. The zero-order valence-electron chi connectivity index (χ0n) is 14.0. The van der Waals surface area contributed by atoms with Crippen LogP contribution >= 0.6 is 0 Å². The van der Waals surface area contributed by atoms with Crippen molar-refractivity contribution in [3.8, 4) is 0 Å². The second-order valence-corrected chi connectivity index (χ2v) is 7.79. The van der Waals surface area contributed by atoms with Crippen molar-refractivity contribution >= 4 is 0 Å². The second-order valence-electron chi connectivity index (χ2n) is 7.79. The zero-order chi connectivity index (χ0) is 14.7. The number of likely N-dealkylation sites (tertiary alicyclic amines) is 1. The van der Waals surface area contributed by atoms with Gasteiger partial charge >= 0.3 is 0 Å². The summed E-state index contributed by atoms with van der Waals surface area (Å²) in [6, 6.07) is 1.20. The highest BCUT2D eigenvalue weighted by atomic mass is 15.2. The van der Waals surface area contributed by atoms with Gasteiger partial charge in [0, 0.05) is 25.2 Å². The van der Waals surface area contributed by atoms with Gasteiger partial charge in [-0.05, 0) is 70.5 Å². The van der Waals surface area contributed by atoms with Crippen LogP contribution in [-0.2, 0) is 0 Å². The summed E-state index contributed by atoms with van der Waals surface area (Å²) < 4.78 is 0. The highest BCUT2D eigenvalue weighted by Crippen LogP contribution is 2.34. The van der Waals surface area contributed by atoms with Crippen LogP contribution in [-0.4, -0.2) is 55.6 Å². The molecule has 4 unspecified atom stereocenters. The fourth-order valence-electron chi connectivity index (χ4n) is 4.20. The molecular formula is C17H35N3. The van der Waals surface area contributed by atoms with Crippen LogP contribution in [0.25, 0.3) is 0 Å². The monoisotopic (exact) mass is 281 g/mol. The van der Waals surface area contributed by atoms with Crippen LogP contribution in [0.3, 0.4) is 0 Å². The van der Waals surface area contributed by atoms with E-state index in [1.165, 1.54) is 51.7 Å². The predicted octanol–water partition coefficient (Wildman–Crippen LogP) is 2.41. The molecule has 2 fully saturated rings. The van der Waals surface area contributed by atoms with Gasteiger partial charge in [-0.2, -0.15) is 0 Å². The summed E-state index contributed by atoms with van der Waals surface area (Å²) in [4.78, 5) is 5.06. The van der Waals surface area contributed by atoms with Crippen LogP contribution in [0.2, 0.25) is 0 Å². The second kappa shape index (κ2) is 7.24. The minimum atomic E-state index is 0.436. The highest BCUT2D eigenvalue weighted by molar-refractivity contribution is 4.89. The molecule has 0 aromatic carbocycles. The molecule has 1 heterocycles. The van der Waals surface area contributed by atoms with Crippen molar-refractivity contribution < 1.29 is 0 Å². The summed E-state index contributed by atoms with van der Waals surface area (Å²) in [5.74, 6) is 2.44. The topological polar surface area (TPSA) is 32.5 Å². The number of likely N-dealkylation sites (N-methyl/N-ethyl adjacent to an activating group) is 1. The van der Waals surface area contributed by atoms with Gasteiger partial charge in [0.05, 0.1) is 0 Å². The molecular weight excluding hydrogens is 246 g/mol. The van der Waals surface area contributed by atoms with Crippen molar-refractivity contribution in [3.63, 3.8) is 0 Å². The van der Waals surface area contributed by atoms with Crippen LogP contribution in [0.15, 0.2) is 0 Å². The molecule has 1 saturated heterocycles. The van der Waals surface area contributed by atoms with Crippen molar-refractivity contribution in [3.05, 3.63) is 0 Å². The number of nitrogens with zero attached hydrogens (tertiary/aromatic N) is 2. The SMILES string of the molecule is CC(C)C1CCC(N)C(CN2CCCC2CN(C)C)C1. The predicted molar refractivity (Wildman–Crippen MR) is 86.8 cm³/mol. The van der Waals surface area contributed by atoms with E-state index < -0.39 is 0 Å². The maximum Gasteiger partial charge on any atom is 0.0223 e. The molecule has 0 radical (unpaired) electrons. The van der Waals surface area contributed by atoms with E-state index in [1.54, 1.807) is 0 Å². The summed E-state index contributed by atoms with van der Waals surface area (Å²) in [6.45, 7) is 8.49. The van der Waals surface area contributed by atoms with Gasteiger partial charge in [0.25, 0.3) is 0 Å². The lowest BCUT2D eigenvalue weighted by Gasteiger charge is -2.39. The fraction of sp³-hybridized carbons (Fsp3) is 1.00. The third-order valence-corrected chi connectivity index (χ3v) is 5.57. The van der Waals surface area contributed by atoms with Crippen molar-refractivity contribution in [2.45, 2.75) is 58.0 Å². The number of hydrogen-bond donors (Lipinski definition) is 1. The van der Waals surface area contributed by atoms with E-state index in [2.05, 4.69) is 37.7 Å². The van der Waals surface area contributed by atoms with Gasteiger partial charge in [-0.1, -0.05) is 13.8 Å². The molecule has 20 heavy (non-hydrogen) atoms. The lowest BCUT2D eigenvalue weighted by atomic mass is 9.73. The molecule has 1 saturated carbocycles. The molecule has 4 atom stereocenters. The smallest absolute Gasteiger partial charge is 0.0223 e. The van der Waals surface area contributed by atoms with Crippen LogP contribution < -0.4 is 5.73 Å². The number of rotatable bonds is 5. The van der Waals surface area contributed by atoms with Crippen molar-refractivity contribution in [1.29, 1.82) is 0 Å². The first-order chi connectivity index (χ1) is 9.47. The standard InChI is InChI=1S/C17H35N3/c1-13(2)14-7-8-17(18)15(10-14)11-20-9-5-6-16(20)12-19(3)4/h13-17H,5-12,18H2,1-4H3. The Morgan fingerprint density at radius 2 is 1.95 bits per heavy atom. The average molecular weight is 281 g/mol. The van der Waals surface area contributed by atoms with Gasteiger partial charge < -0.3 is 10.6 Å². The van der Waals surface area contributed by atoms with Crippen molar-refractivity contribution in [2.24, 2.45) is 23.5 Å². The summed E-state index contributed by atoms with van der Waals surface area (Å²) in [7, 11) is 4.38. The lowest BCUT2D eigenvalue weighted by Crippen LogP contribution is -2.46. The Labute approximate surface area is 125 Å². The molecule has 3 nitrogen and oxygen atoms in total. The zero-order valence-corrected chi connectivity index (χ0v) is 14.0. The first-order valence-electron chi connectivity index (χ1n) is 8.61. The normalized spacial score (nSPS) is 36.1. The fourth-order valence-corrected chi connectivity index (χ4v) is 4.20. The molecule has 2 rings (SSSR count). The van der Waals surface area contributed by atoms with E-state index in [0.717, 1.165) is 23.8 Å². The van der Waals surface area contributed by atoms with Crippen LogP contribution in [0.1, 0.15) is 46.0 Å². The first kappa shape index (κ1) is 16.3. The van der Waals surface area contributed by atoms with Gasteiger partial charge in [-0.15, -0.1) is 0 Å². The van der Waals surface area contributed by atoms with Crippen molar-refractivity contribution in [1.82, 2.24) is 9.80 Å². The van der Waals surface area contributed by atoms with E-state index in [4.69, 9.17) is 5.73 Å². The van der Waals surface area contributed by atoms with Gasteiger partial charge in [0.2, 0.25) is 0 Å². The van der Waals surface area contributed by atoms with Crippen LogP contribution in [0.5, 0.6) is 0 Å². The molecule has 2 aliphatic rings. The van der Waals surface area contributed by atoms with E-state index in [9.17, 15) is 0 Å². The average Bonchev–Trinajstić information content (AvgIpc) is 2.78. The minimum Gasteiger partial charge on any atom is -0.327 e.